The number of carbonyl (C=O) groups excluding carboxylic acids is 2. The van der Waals surface area contributed by atoms with Gasteiger partial charge in [0.25, 0.3) is 5.56 Å². The molecule has 5 rings (SSSR count). The molecule has 0 radical (unpaired) electrons. The van der Waals surface area contributed by atoms with E-state index < -0.39 is 5.92 Å². The maximum atomic E-state index is 13.2. The normalized spacial score (nSPS) is 15.6. The van der Waals surface area contributed by atoms with Gasteiger partial charge in [-0.05, 0) is 30.0 Å². The Balaban J connectivity index is 1.45. The van der Waals surface area contributed by atoms with Crippen molar-refractivity contribution in [2.45, 2.75) is 19.8 Å². The van der Waals surface area contributed by atoms with Crippen molar-refractivity contribution in [3.63, 3.8) is 0 Å². The Bertz CT molecular complexity index is 1390. The first kappa shape index (κ1) is 21.8. The van der Waals surface area contributed by atoms with E-state index in [4.69, 9.17) is 0 Å². The minimum absolute atomic E-state index is 0.0965. The predicted octanol–water partition coefficient (Wildman–Crippen LogP) is 3.24. The van der Waals surface area contributed by atoms with Gasteiger partial charge in [-0.1, -0.05) is 31.2 Å². The molecule has 0 saturated carbocycles. The van der Waals surface area contributed by atoms with Gasteiger partial charge in [-0.2, -0.15) is 9.78 Å². The lowest BCUT2D eigenvalue weighted by Gasteiger charge is -2.16. The van der Waals surface area contributed by atoms with E-state index in [0.717, 1.165) is 10.6 Å². The van der Waals surface area contributed by atoms with Crippen LogP contribution in [0.15, 0.2) is 64.8 Å². The molecular formula is C24H22N6O3S. The summed E-state index contributed by atoms with van der Waals surface area (Å²) in [6.45, 7) is 2.20. The summed E-state index contributed by atoms with van der Waals surface area (Å²) in [5.74, 6) is -0.318. The van der Waals surface area contributed by atoms with Crippen molar-refractivity contribution < 1.29 is 9.59 Å². The molecule has 0 spiro atoms. The van der Waals surface area contributed by atoms with E-state index in [1.807, 2.05) is 54.8 Å². The van der Waals surface area contributed by atoms with Gasteiger partial charge < -0.3 is 10.2 Å². The SMILES string of the molecule is CCc1cc(=O)[nH]c(-n2nc(-c3cccs3)cc2NC(=O)C2CC(=O)N(c3ccccc3)C2)n1. The monoisotopic (exact) mass is 474 g/mol. The second-order valence-corrected chi connectivity index (χ2v) is 8.90. The number of benzene rings is 1. The van der Waals surface area contributed by atoms with Crippen LogP contribution in [0.3, 0.4) is 0 Å². The van der Waals surface area contributed by atoms with Crippen molar-refractivity contribution in [3.05, 3.63) is 76.0 Å². The Morgan fingerprint density at radius 1 is 1.18 bits per heavy atom. The van der Waals surface area contributed by atoms with Gasteiger partial charge in [0, 0.05) is 36.5 Å². The fourth-order valence-electron chi connectivity index (χ4n) is 3.92. The van der Waals surface area contributed by atoms with Gasteiger partial charge in [-0.15, -0.1) is 11.3 Å². The molecule has 1 saturated heterocycles. The number of para-hydroxylation sites is 1. The van der Waals surface area contributed by atoms with Crippen LogP contribution in [0.25, 0.3) is 16.5 Å². The van der Waals surface area contributed by atoms with E-state index in [1.54, 1.807) is 11.0 Å². The molecule has 3 aromatic heterocycles. The van der Waals surface area contributed by atoms with E-state index in [9.17, 15) is 14.4 Å². The van der Waals surface area contributed by atoms with E-state index in [0.29, 0.717) is 30.2 Å². The fourth-order valence-corrected chi connectivity index (χ4v) is 4.60. The van der Waals surface area contributed by atoms with Gasteiger partial charge in [0.05, 0.1) is 10.8 Å². The molecule has 1 unspecified atom stereocenters. The Kier molecular flexibility index (Phi) is 5.81. The lowest BCUT2D eigenvalue weighted by molar-refractivity contribution is -0.122. The largest absolute Gasteiger partial charge is 0.312 e. The Hall–Kier alpha value is -4.05. The molecule has 172 valence electrons. The zero-order chi connectivity index (χ0) is 23.7. The van der Waals surface area contributed by atoms with Gasteiger partial charge in [0.1, 0.15) is 11.5 Å². The Morgan fingerprint density at radius 2 is 2.00 bits per heavy atom. The number of aromatic nitrogens is 4. The minimum atomic E-state index is -0.518. The molecule has 1 fully saturated rings. The summed E-state index contributed by atoms with van der Waals surface area (Å²) in [7, 11) is 0. The third-order valence-corrected chi connectivity index (χ3v) is 6.54. The van der Waals surface area contributed by atoms with Crippen molar-refractivity contribution >= 4 is 34.7 Å². The van der Waals surface area contributed by atoms with Crippen LogP contribution in [0.1, 0.15) is 19.0 Å². The molecule has 1 aliphatic rings. The number of hydrogen-bond acceptors (Lipinski definition) is 6. The number of nitrogens with zero attached hydrogens (tertiary/aromatic N) is 4. The van der Waals surface area contributed by atoms with E-state index in [-0.39, 0.29) is 29.7 Å². The number of hydrogen-bond donors (Lipinski definition) is 2. The summed E-state index contributed by atoms with van der Waals surface area (Å²) in [6.07, 6.45) is 0.699. The molecule has 2 N–H and O–H groups in total. The van der Waals surface area contributed by atoms with Crippen molar-refractivity contribution in [2.24, 2.45) is 5.92 Å². The average molecular weight is 475 g/mol. The van der Waals surface area contributed by atoms with Crippen LogP contribution >= 0.6 is 11.3 Å². The number of nitrogens with one attached hydrogen (secondary N) is 2. The number of amides is 2. The second-order valence-electron chi connectivity index (χ2n) is 7.95. The van der Waals surface area contributed by atoms with Gasteiger partial charge in [-0.3, -0.25) is 19.4 Å². The van der Waals surface area contributed by atoms with Crippen LogP contribution in [0.2, 0.25) is 0 Å². The zero-order valence-corrected chi connectivity index (χ0v) is 19.2. The quantitative estimate of drug-likeness (QED) is 0.445. The highest BCUT2D eigenvalue weighted by atomic mass is 32.1. The van der Waals surface area contributed by atoms with Crippen molar-refractivity contribution in [1.29, 1.82) is 0 Å². The summed E-state index contributed by atoms with van der Waals surface area (Å²) in [4.78, 5) is 47.6. The summed E-state index contributed by atoms with van der Waals surface area (Å²) >= 11 is 1.51. The number of aromatic amines is 1. The first-order valence-electron chi connectivity index (χ1n) is 10.9. The number of carbonyl (C=O) groups is 2. The van der Waals surface area contributed by atoms with Crippen LogP contribution in [0.4, 0.5) is 11.5 Å². The minimum Gasteiger partial charge on any atom is -0.312 e. The molecule has 0 aliphatic carbocycles. The summed E-state index contributed by atoms with van der Waals surface area (Å²) in [6, 6.07) is 16.3. The Morgan fingerprint density at radius 3 is 2.74 bits per heavy atom. The van der Waals surface area contributed by atoms with Gasteiger partial charge in [-0.25, -0.2) is 4.98 Å². The lowest BCUT2D eigenvalue weighted by atomic mass is 10.1. The van der Waals surface area contributed by atoms with Crippen LogP contribution in [-0.2, 0) is 16.0 Å². The third kappa shape index (κ3) is 4.27. The molecule has 1 aliphatic heterocycles. The van der Waals surface area contributed by atoms with Crippen LogP contribution < -0.4 is 15.8 Å². The topological polar surface area (TPSA) is 113 Å². The first-order valence-corrected chi connectivity index (χ1v) is 11.8. The maximum absolute atomic E-state index is 13.2. The molecule has 0 bridgehead atoms. The van der Waals surface area contributed by atoms with Crippen LogP contribution in [-0.4, -0.2) is 38.1 Å². The van der Waals surface area contributed by atoms with Crippen molar-refractivity contribution in [1.82, 2.24) is 19.7 Å². The number of anilines is 2. The van der Waals surface area contributed by atoms with E-state index >= 15 is 0 Å². The summed E-state index contributed by atoms with van der Waals surface area (Å²) < 4.78 is 1.43. The number of aryl methyl sites for hydroxylation is 1. The number of H-pyrrole nitrogens is 1. The number of rotatable bonds is 6. The molecule has 4 heterocycles. The van der Waals surface area contributed by atoms with Gasteiger partial charge in [0.2, 0.25) is 17.8 Å². The van der Waals surface area contributed by atoms with Crippen LogP contribution in [0, 0.1) is 5.92 Å². The summed E-state index contributed by atoms with van der Waals surface area (Å²) in [5, 5.41) is 9.44. The highest BCUT2D eigenvalue weighted by Crippen LogP contribution is 2.29. The predicted molar refractivity (Wildman–Crippen MR) is 130 cm³/mol. The highest BCUT2D eigenvalue weighted by molar-refractivity contribution is 7.13. The van der Waals surface area contributed by atoms with Crippen molar-refractivity contribution in [2.75, 3.05) is 16.8 Å². The third-order valence-electron chi connectivity index (χ3n) is 5.64. The molecule has 1 aromatic carbocycles. The van der Waals surface area contributed by atoms with Gasteiger partial charge in [0.15, 0.2) is 0 Å². The highest BCUT2D eigenvalue weighted by Gasteiger charge is 2.35. The van der Waals surface area contributed by atoms with E-state index in [1.165, 1.54) is 22.1 Å². The maximum Gasteiger partial charge on any atom is 0.252 e. The number of thiophene rings is 1. The molecule has 1 atom stereocenters. The standard InChI is InChI=1S/C24H22N6O3S/c1-2-16-12-21(31)27-24(25-16)30-20(13-18(28-30)19-9-6-10-34-19)26-23(33)15-11-22(32)29(14-15)17-7-4-3-5-8-17/h3-10,12-13,15H,2,11,14H2,1H3,(H,26,33)(H,25,27,31). The fraction of sp³-hybridized carbons (Fsp3) is 0.208. The zero-order valence-electron chi connectivity index (χ0n) is 18.4. The van der Waals surface area contributed by atoms with Crippen LogP contribution in [0.5, 0.6) is 0 Å². The van der Waals surface area contributed by atoms with E-state index in [2.05, 4.69) is 20.4 Å². The first-order chi connectivity index (χ1) is 16.5. The molecule has 2 amide bonds. The molecular weight excluding hydrogens is 452 g/mol. The van der Waals surface area contributed by atoms with Crippen molar-refractivity contribution in [3.8, 4) is 16.5 Å². The molecule has 34 heavy (non-hydrogen) atoms. The molecule has 4 aromatic rings. The second kappa shape index (κ2) is 9.06. The molecule has 9 nitrogen and oxygen atoms in total. The smallest absolute Gasteiger partial charge is 0.252 e. The Labute approximate surface area is 199 Å². The van der Waals surface area contributed by atoms with Gasteiger partial charge >= 0.3 is 0 Å². The molecule has 10 heteroatoms. The average Bonchev–Trinajstić information content (AvgIpc) is 3.59. The summed E-state index contributed by atoms with van der Waals surface area (Å²) in [5.41, 5.74) is 1.73. The lowest BCUT2D eigenvalue weighted by Crippen LogP contribution is -2.28.